The first kappa shape index (κ1) is 15.4. The van der Waals surface area contributed by atoms with Gasteiger partial charge in [0, 0.05) is 6.42 Å². The van der Waals surface area contributed by atoms with E-state index >= 15 is 0 Å². The molecule has 0 atom stereocenters. The fourth-order valence-electron chi connectivity index (χ4n) is 2.76. The van der Waals surface area contributed by atoms with E-state index in [-0.39, 0.29) is 5.97 Å². The summed E-state index contributed by atoms with van der Waals surface area (Å²) >= 11 is 0. The van der Waals surface area contributed by atoms with Crippen LogP contribution in [0.2, 0.25) is 0 Å². The van der Waals surface area contributed by atoms with Gasteiger partial charge in [0.15, 0.2) is 0 Å². The van der Waals surface area contributed by atoms with Crippen molar-refractivity contribution in [1.29, 1.82) is 0 Å². The van der Waals surface area contributed by atoms with Crippen molar-refractivity contribution in [3.8, 4) is 0 Å². The Hall–Kier alpha value is -0.660. The highest BCUT2D eigenvalue weighted by Crippen LogP contribution is 2.31. The maximum Gasteiger partial charge on any atom is 0.305 e. The van der Waals surface area contributed by atoms with Crippen molar-refractivity contribution in [2.75, 3.05) is 7.11 Å². The quantitative estimate of drug-likeness (QED) is 0.317. The number of hydrogen-bond donors (Lipinski definition) is 0. The molecule has 0 N–H and O–H groups in total. The lowest BCUT2D eigenvalue weighted by molar-refractivity contribution is -0.140. The van der Waals surface area contributed by atoms with Crippen LogP contribution >= 0.6 is 0 Å². The molecule has 1 fully saturated rings. The van der Waals surface area contributed by atoms with Gasteiger partial charge in [-0.05, 0) is 32.1 Å². The zero-order valence-corrected chi connectivity index (χ0v) is 12.0. The normalized spacial score (nSPS) is 15.1. The van der Waals surface area contributed by atoms with Gasteiger partial charge in [0.25, 0.3) is 0 Å². The van der Waals surface area contributed by atoms with E-state index in [0.717, 1.165) is 6.42 Å². The van der Waals surface area contributed by atoms with Crippen molar-refractivity contribution in [1.82, 2.24) is 0 Å². The second-order valence-electron chi connectivity index (χ2n) is 5.51. The maximum atomic E-state index is 10.9. The molecular formula is C16H29O2+. The second kappa shape index (κ2) is 10.3. The Labute approximate surface area is 112 Å². The molecule has 2 heteroatoms. The van der Waals surface area contributed by atoms with E-state index in [0.29, 0.717) is 6.42 Å². The number of esters is 1. The number of carbonyl (C=O) groups is 1. The molecule has 0 aromatic carbocycles. The van der Waals surface area contributed by atoms with Gasteiger partial charge >= 0.3 is 5.97 Å². The Morgan fingerprint density at radius 3 is 2.11 bits per heavy atom. The average Bonchev–Trinajstić information content (AvgIpc) is 2.89. The highest BCUT2D eigenvalue weighted by atomic mass is 16.5. The lowest BCUT2D eigenvalue weighted by Crippen LogP contribution is -1.99. The Morgan fingerprint density at radius 2 is 1.50 bits per heavy atom. The standard InChI is InChI=1S/C16H29O2/c1-18-16(17)14-8-6-4-2-3-5-7-11-15-12-9-10-13-15/h2-14H2,1H3/q+1. The summed E-state index contributed by atoms with van der Waals surface area (Å²) in [5.74, 6) is 1.76. The lowest BCUT2D eigenvalue weighted by atomic mass is 9.99. The molecule has 0 aliphatic heterocycles. The minimum absolute atomic E-state index is 0.0661. The number of carbonyl (C=O) groups excluding carboxylic acids is 1. The van der Waals surface area contributed by atoms with E-state index in [2.05, 4.69) is 4.74 Å². The lowest BCUT2D eigenvalue weighted by Gasteiger charge is -2.02. The molecule has 1 aliphatic carbocycles. The Morgan fingerprint density at radius 1 is 0.944 bits per heavy atom. The molecular weight excluding hydrogens is 224 g/mol. The Bertz CT molecular complexity index is 207. The van der Waals surface area contributed by atoms with Gasteiger partial charge in [-0.3, -0.25) is 4.79 Å². The predicted molar refractivity (Wildman–Crippen MR) is 75.3 cm³/mol. The van der Waals surface area contributed by atoms with Crippen LogP contribution in [0.3, 0.4) is 0 Å². The van der Waals surface area contributed by atoms with E-state index in [4.69, 9.17) is 0 Å². The maximum absolute atomic E-state index is 10.9. The van der Waals surface area contributed by atoms with Crippen LogP contribution < -0.4 is 0 Å². The number of methoxy groups -OCH3 is 1. The molecule has 0 saturated heterocycles. The van der Waals surface area contributed by atoms with E-state index < -0.39 is 0 Å². The summed E-state index contributed by atoms with van der Waals surface area (Å²) in [5.41, 5.74) is 0. The first-order valence-corrected chi connectivity index (χ1v) is 7.73. The van der Waals surface area contributed by atoms with Crippen molar-refractivity contribution in [2.24, 2.45) is 0 Å². The second-order valence-corrected chi connectivity index (χ2v) is 5.51. The topological polar surface area (TPSA) is 26.3 Å². The number of rotatable bonds is 10. The van der Waals surface area contributed by atoms with Crippen molar-refractivity contribution < 1.29 is 9.53 Å². The third kappa shape index (κ3) is 7.62. The molecule has 0 radical (unpaired) electrons. The molecule has 104 valence electrons. The third-order valence-corrected chi connectivity index (χ3v) is 3.95. The molecule has 0 heterocycles. The van der Waals surface area contributed by atoms with E-state index in [9.17, 15) is 4.79 Å². The summed E-state index contributed by atoms with van der Waals surface area (Å²) in [7, 11) is 1.46. The summed E-state index contributed by atoms with van der Waals surface area (Å²) < 4.78 is 4.62. The molecule has 2 nitrogen and oxygen atoms in total. The molecule has 1 aliphatic rings. The number of unbranched alkanes of at least 4 members (excludes halogenated alkanes) is 6. The molecule has 0 bridgehead atoms. The fraction of sp³-hybridized carbons (Fsp3) is 0.875. The van der Waals surface area contributed by atoms with E-state index in [1.807, 2.05) is 5.92 Å². The molecule has 18 heavy (non-hydrogen) atoms. The van der Waals surface area contributed by atoms with Crippen molar-refractivity contribution in [2.45, 2.75) is 83.5 Å². The molecule has 0 aromatic heterocycles. The summed E-state index contributed by atoms with van der Waals surface area (Å²) in [4.78, 5) is 10.9. The zero-order chi connectivity index (χ0) is 13.1. The monoisotopic (exact) mass is 253 g/mol. The van der Waals surface area contributed by atoms with Gasteiger partial charge in [0.05, 0.1) is 32.3 Å². The van der Waals surface area contributed by atoms with Gasteiger partial charge in [0.1, 0.15) is 0 Å². The molecule has 1 saturated carbocycles. The predicted octanol–water partition coefficient (Wildman–Crippen LogP) is 4.82. The van der Waals surface area contributed by atoms with Crippen molar-refractivity contribution in [3.05, 3.63) is 5.92 Å². The van der Waals surface area contributed by atoms with Gasteiger partial charge < -0.3 is 4.74 Å². The van der Waals surface area contributed by atoms with Crippen LogP contribution in [-0.2, 0) is 9.53 Å². The molecule has 0 aromatic rings. The SMILES string of the molecule is COC(=O)CCCCCCCCC[C+]1CCCC1. The van der Waals surface area contributed by atoms with Crippen LogP contribution in [0.1, 0.15) is 83.5 Å². The molecule has 0 unspecified atom stereocenters. The molecule has 1 rings (SSSR count). The van der Waals surface area contributed by atoms with Gasteiger partial charge in [0.2, 0.25) is 0 Å². The smallest absolute Gasteiger partial charge is 0.305 e. The minimum atomic E-state index is -0.0661. The fourth-order valence-corrected chi connectivity index (χ4v) is 2.76. The van der Waals surface area contributed by atoms with Crippen LogP contribution in [0.4, 0.5) is 0 Å². The molecule has 0 amide bonds. The van der Waals surface area contributed by atoms with Gasteiger partial charge in [-0.2, -0.15) is 0 Å². The zero-order valence-electron chi connectivity index (χ0n) is 12.0. The summed E-state index contributed by atoms with van der Waals surface area (Å²) in [6.07, 6.45) is 16.6. The third-order valence-electron chi connectivity index (χ3n) is 3.95. The average molecular weight is 253 g/mol. The van der Waals surface area contributed by atoms with Crippen LogP contribution in [0.25, 0.3) is 0 Å². The van der Waals surface area contributed by atoms with Gasteiger partial charge in [-0.25, -0.2) is 0 Å². The minimum Gasteiger partial charge on any atom is -0.469 e. The Balaban J connectivity index is 1.74. The van der Waals surface area contributed by atoms with Crippen molar-refractivity contribution in [3.63, 3.8) is 0 Å². The van der Waals surface area contributed by atoms with Gasteiger partial charge in [-0.1, -0.05) is 25.7 Å². The summed E-state index contributed by atoms with van der Waals surface area (Å²) in [5, 5.41) is 0. The summed E-state index contributed by atoms with van der Waals surface area (Å²) in [6, 6.07) is 0. The first-order valence-electron chi connectivity index (χ1n) is 7.73. The first-order chi connectivity index (χ1) is 8.83. The van der Waals surface area contributed by atoms with Crippen LogP contribution in [0.15, 0.2) is 0 Å². The van der Waals surface area contributed by atoms with E-state index in [1.54, 1.807) is 0 Å². The highest BCUT2D eigenvalue weighted by Gasteiger charge is 2.24. The largest absolute Gasteiger partial charge is 0.469 e. The highest BCUT2D eigenvalue weighted by molar-refractivity contribution is 5.68. The Kier molecular flexibility index (Phi) is 8.79. The summed E-state index contributed by atoms with van der Waals surface area (Å²) in [6.45, 7) is 0. The van der Waals surface area contributed by atoms with Crippen LogP contribution in [-0.4, -0.2) is 13.1 Å². The molecule has 0 spiro atoms. The van der Waals surface area contributed by atoms with Crippen molar-refractivity contribution >= 4 is 5.97 Å². The van der Waals surface area contributed by atoms with Gasteiger partial charge in [-0.15, -0.1) is 0 Å². The van der Waals surface area contributed by atoms with Crippen LogP contribution in [0.5, 0.6) is 0 Å². The van der Waals surface area contributed by atoms with Crippen LogP contribution in [0, 0.1) is 5.92 Å². The number of ether oxygens (including phenoxy) is 1. The van der Waals surface area contributed by atoms with E-state index in [1.165, 1.54) is 77.7 Å². The number of hydrogen-bond acceptors (Lipinski definition) is 2.